The summed E-state index contributed by atoms with van der Waals surface area (Å²) in [5, 5.41) is 4.21. The number of pyridine rings is 1. The number of ether oxygens (including phenoxy) is 3. The van der Waals surface area contributed by atoms with Gasteiger partial charge >= 0.3 is 5.97 Å². The van der Waals surface area contributed by atoms with Gasteiger partial charge in [-0.2, -0.15) is 0 Å². The number of para-hydroxylation sites is 1. The van der Waals surface area contributed by atoms with Gasteiger partial charge in [0.15, 0.2) is 0 Å². The minimum atomic E-state index is -0.481. The number of nitrogens with one attached hydrogen (secondary N) is 1. The van der Waals surface area contributed by atoms with E-state index in [9.17, 15) is 9.59 Å². The van der Waals surface area contributed by atoms with Crippen molar-refractivity contribution in [3.63, 3.8) is 0 Å². The molecule has 0 unspecified atom stereocenters. The Bertz CT molecular complexity index is 1790. The van der Waals surface area contributed by atoms with Crippen LogP contribution in [0.4, 0.5) is 5.00 Å². The van der Waals surface area contributed by atoms with Crippen LogP contribution in [0.3, 0.4) is 0 Å². The summed E-state index contributed by atoms with van der Waals surface area (Å²) in [6, 6.07) is 22.7. The highest BCUT2D eigenvalue weighted by Crippen LogP contribution is 2.45. The summed E-state index contributed by atoms with van der Waals surface area (Å²) < 4.78 is 16.2. The van der Waals surface area contributed by atoms with Crippen LogP contribution >= 0.6 is 11.3 Å². The zero-order valence-electron chi connectivity index (χ0n) is 22.2. The molecule has 1 aliphatic carbocycles. The quantitative estimate of drug-likeness (QED) is 0.235. The number of amides is 1. The summed E-state index contributed by atoms with van der Waals surface area (Å²) in [4.78, 5) is 32.9. The van der Waals surface area contributed by atoms with Crippen molar-refractivity contribution in [3.8, 4) is 33.9 Å². The standard InChI is InChI=1S/C32H26N2O5S/c1-37-19-13-14-26(38-2)23(16-19)25-17-22(21-10-6-7-11-24(21)33-25)30(35)34-31-29(32(36)39-3)28-20-9-5-4-8-18(20)12-15-27(28)40-31/h4-11,13-14,16-17H,12,15H2,1-3H3,(H,34,35). The summed E-state index contributed by atoms with van der Waals surface area (Å²) >= 11 is 1.42. The average Bonchev–Trinajstić information content (AvgIpc) is 3.38. The summed E-state index contributed by atoms with van der Waals surface area (Å²) in [7, 11) is 4.54. The lowest BCUT2D eigenvalue weighted by molar-refractivity contribution is 0.0603. The Morgan fingerprint density at radius 2 is 1.68 bits per heavy atom. The number of esters is 1. The van der Waals surface area contributed by atoms with Crippen molar-refractivity contribution in [3.05, 3.63) is 94.4 Å². The molecule has 0 bridgehead atoms. The Kier molecular flexibility index (Phi) is 6.69. The van der Waals surface area contributed by atoms with E-state index in [1.165, 1.54) is 24.0 Å². The SMILES string of the molecule is COC(=O)c1c(NC(=O)c2cc(-c3cc(OC)ccc3OC)nc3ccccc23)sc2c1-c1ccccc1CC2. The van der Waals surface area contributed by atoms with Gasteiger partial charge in [0.25, 0.3) is 5.91 Å². The third-order valence-electron chi connectivity index (χ3n) is 7.15. The first-order chi connectivity index (χ1) is 19.5. The number of carbonyl (C=O) groups is 2. The summed E-state index contributed by atoms with van der Waals surface area (Å²) in [5.41, 5.74) is 5.74. The molecule has 0 fully saturated rings. The molecule has 1 aliphatic rings. The average molecular weight is 551 g/mol. The molecule has 200 valence electrons. The second-order valence-electron chi connectivity index (χ2n) is 9.35. The van der Waals surface area contributed by atoms with Gasteiger partial charge < -0.3 is 19.5 Å². The Balaban J connectivity index is 1.48. The zero-order chi connectivity index (χ0) is 27.8. The van der Waals surface area contributed by atoms with Crippen LogP contribution in [0.25, 0.3) is 33.3 Å². The van der Waals surface area contributed by atoms with Crippen LogP contribution in [0.15, 0.2) is 72.8 Å². The lowest BCUT2D eigenvalue weighted by atomic mass is 9.88. The molecule has 5 aromatic rings. The van der Waals surface area contributed by atoms with Crippen LogP contribution in [0.1, 0.15) is 31.2 Å². The van der Waals surface area contributed by atoms with Gasteiger partial charge in [-0.1, -0.05) is 42.5 Å². The number of fused-ring (bicyclic) bond motifs is 4. The second-order valence-corrected chi connectivity index (χ2v) is 10.5. The van der Waals surface area contributed by atoms with Crippen molar-refractivity contribution in [1.82, 2.24) is 4.98 Å². The van der Waals surface area contributed by atoms with E-state index in [0.29, 0.717) is 49.8 Å². The maximum atomic E-state index is 14.0. The normalized spacial score (nSPS) is 11.9. The Morgan fingerprint density at radius 1 is 0.875 bits per heavy atom. The first kappa shape index (κ1) is 25.6. The number of methoxy groups -OCH3 is 3. The molecule has 0 aliphatic heterocycles. The van der Waals surface area contributed by atoms with Crippen molar-refractivity contribution in [1.29, 1.82) is 0 Å². The number of hydrogen-bond donors (Lipinski definition) is 1. The van der Waals surface area contributed by atoms with E-state index >= 15 is 0 Å². The Morgan fingerprint density at radius 3 is 2.48 bits per heavy atom. The van der Waals surface area contributed by atoms with Crippen molar-refractivity contribution < 1.29 is 23.8 Å². The highest BCUT2D eigenvalue weighted by molar-refractivity contribution is 7.17. The number of thiophene rings is 1. The number of hydrogen-bond acceptors (Lipinski definition) is 7. The maximum absolute atomic E-state index is 14.0. The molecule has 3 aromatic carbocycles. The molecule has 0 saturated heterocycles. The van der Waals surface area contributed by atoms with E-state index in [0.717, 1.165) is 28.8 Å². The maximum Gasteiger partial charge on any atom is 0.341 e. The van der Waals surface area contributed by atoms with Gasteiger partial charge in [0.2, 0.25) is 0 Å². The third-order valence-corrected chi connectivity index (χ3v) is 8.31. The van der Waals surface area contributed by atoms with E-state index in [4.69, 9.17) is 19.2 Å². The first-order valence-corrected chi connectivity index (χ1v) is 13.6. The smallest absolute Gasteiger partial charge is 0.341 e. The van der Waals surface area contributed by atoms with Crippen LogP contribution < -0.4 is 14.8 Å². The molecule has 0 saturated carbocycles. The number of anilines is 1. The van der Waals surface area contributed by atoms with E-state index in [1.807, 2.05) is 54.6 Å². The number of benzene rings is 3. The van der Waals surface area contributed by atoms with E-state index in [-0.39, 0.29) is 5.91 Å². The molecule has 6 rings (SSSR count). The number of aromatic nitrogens is 1. The number of aryl methyl sites for hydroxylation is 2. The van der Waals surface area contributed by atoms with Crippen LogP contribution in [0, 0.1) is 0 Å². The molecule has 1 N–H and O–H groups in total. The zero-order valence-corrected chi connectivity index (χ0v) is 23.1. The van der Waals surface area contributed by atoms with Gasteiger partial charge in [-0.05, 0) is 54.3 Å². The Labute approximate surface area is 235 Å². The summed E-state index contributed by atoms with van der Waals surface area (Å²) in [5.74, 6) is 0.418. The van der Waals surface area contributed by atoms with E-state index < -0.39 is 5.97 Å². The molecular weight excluding hydrogens is 524 g/mol. The van der Waals surface area contributed by atoms with Crippen molar-refractivity contribution in [2.24, 2.45) is 0 Å². The van der Waals surface area contributed by atoms with Crippen LogP contribution in [-0.4, -0.2) is 38.2 Å². The van der Waals surface area contributed by atoms with E-state index in [1.54, 1.807) is 26.4 Å². The fraction of sp³-hybridized carbons (Fsp3) is 0.156. The molecule has 1 amide bonds. The second kappa shape index (κ2) is 10.5. The van der Waals surface area contributed by atoms with Gasteiger partial charge in [-0.3, -0.25) is 4.79 Å². The topological polar surface area (TPSA) is 86.8 Å². The van der Waals surface area contributed by atoms with Crippen molar-refractivity contribution in [2.75, 3.05) is 26.6 Å². The lowest BCUT2D eigenvalue weighted by Gasteiger charge is -2.17. The van der Waals surface area contributed by atoms with Gasteiger partial charge in [-0.25, -0.2) is 9.78 Å². The number of carbonyl (C=O) groups excluding carboxylic acids is 2. The van der Waals surface area contributed by atoms with Crippen LogP contribution in [0.2, 0.25) is 0 Å². The number of nitrogens with zero attached hydrogens (tertiary/aromatic N) is 1. The molecule has 40 heavy (non-hydrogen) atoms. The third kappa shape index (κ3) is 4.36. The van der Waals surface area contributed by atoms with Gasteiger partial charge in [0.05, 0.1) is 38.1 Å². The Hall–Kier alpha value is -4.69. The van der Waals surface area contributed by atoms with Crippen molar-refractivity contribution in [2.45, 2.75) is 12.8 Å². The predicted octanol–water partition coefficient (Wildman–Crippen LogP) is 6.79. The molecule has 7 nitrogen and oxygen atoms in total. The fourth-order valence-corrected chi connectivity index (χ4v) is 6.44. The van der Waals surface area contributed by atoms with Crippen molar-refractivity contribution >= 4 is 39.1 Å². The minimum absolute atomic E-state index is 0.348. The van der Waals surface area contributed by atoms with Crippen LogP contribution in [-0.2, 0) is 17.6 Å². The monoisotopic (exact) mass is 550 g/mol. The van der Waals surface area contributed by atoms with Gasteiger partial charge in [0, 0.05) is 21.4 Å². The summed E-state index contributed by atoms with van der Waals surface area (Å²) in [6.45, 7) is 0. The lowest BCUT2D eigenvalue weighted by Crippen LogP contribution is -2.15. The molecule has 2 heterocycles. The molecule has 8 heteroatoms. The predicted molar refractivity (Wildman–Crippen MR) is 157 cm³/mol. The molecule has 0 atom stereocenters. The fourth-order valence-electron chi connectivity index (χ4n) is 5.24. The first-order valence-electron chi connectivity index (χ1n) is 12.8. The van der Waals surface area contributed by atoms with Crippen LogP contribution in [0.5, 0.6) is 11.5 Å². The van der Waals surface area contributed by atoms with Gasteiger partial charge in [0.1, 0.15) is 22.1 Å². The molecule has 0 radical (unpaired) electrons. The largest absolute Gasteiger partial charge is 0.497 e. The highest BCUT2D eigenvalue weighted by Gasteiger charge is 2.30. The highest BCUT2D eigenvalue weighted by atomic mass is 32.1. The number of rotatable bonds is 6. The molecular formula is C32H26N2O5S. The molecule has 2 aromatic heterocycles. The molecule has 0 spiro atoms. The van der Waals surface area contributed by atoms with E-state index in [2.05, 4.69) is 11.4 Å². The summed E-state index contributed by atoms with van der Waals surface area (Å²) in [6.07, 6.45) is 1.66. The minimum Gasteiger partial charge on any atom is -0.497 e. The van der Waals surface area contributed by atoms with Gasteiger partial charge in [-0.15, -0.1) is 11.3 Å².